The lowest BCUT2D eigenvalue weighted by Crippen LogP contribution is -2.43. The van der Waals surface area contributed by atoms with Crippen molar-refractivity contribution in [3.8, 4) is 0 Å². The topological polar surface area (TPSA) is 9.72 Å². The van der Waals surface area contributed by atoms with Gasteiger partial charge >= 0.3 is 0 Å². The highest BCUT2D eigenvalue weighted by Gasteiger charge is 2.32. The summed E-state index contributed by atoms with van der Waals surface area (Å²) in [6.45, 7) is 13.7. The van der Waals surface area contributed by atoms with Crippen molar-refractivity contribution in [2.24, 2.45) is 0 Å². The first-order valence-corrected chi connectivity index (χ1v) is 7.17. The number of hydrogen-bond donors (Lipinski definition) is 0. The summed E-state index contributed by atoms with van der Waals surface area (Å²) in [6.07, 6.45) is 0. The van der Waals surface area contributed by atoms with Crippen molar-refractivity contribution in [2.45, 2.75) is 20.8 Å². The molecule has 0 atom stereocenters. The predicted octanol–water partition coefficient (Wildman–Crippen LogP) is 2.53. The molecule has 0 rings (SSSR count). The van der Waals surface area contributed by atoms with E-state index in [1.165, 1.54) is 0 Å². The molecular formula is C11H27N3S. The smallest absolute Gasteiger partial charge is 0.00681 e. The van der Waals surface area contributed by atoms with Crippen LogP contribution in [0.5, 0.6) is 0 Å². The number of nitrogens with zero attached hydrogens (tertiary/aromatic N) is 3. The molecule has 0 spiro atoms. The Balaban J connectivity index is 5.18. The third kappa shape index (κ3) is 2.75. The standard InChI is InChI=1S/C11H27N3S/c1-8-12(5)15(11-4,13(6)9-2)14(7)10-3/h11H,4,8-10H2,1-3,5-7H3. The highest BCUT2D eigenvalue weighted by molar-refractivity contribution is 8.30. The zero-order chi connectivity index (χ0) is 12.1. The SMILES string of the molecule is C=CS(N(C)CC)(N(C)CC)N(C)CC. The fourth-order valence-corrected chi connectivity index (χ4v) is 5.00. The molecular weight excluding hydrogens is 206 g/mol. The van der Waals surface area contributed by atoms with Crippen LogP contribution in [0, 0.1) is 0 Å². The normalized spacial score (nSPS) is 13.9. The van der Waals surface area contributed by atoms with Gasteiger partial charge in [-0.15, -0.1) is 0 Å². The largest absolute Gasteiger partial charge is 0.245 e. The molecule has 0 saturated heterocycles. The predicted molar refractivity (Wildman–Crippen MR) is 72.7 cm³/mol. The molecule has 0 aromatic heterocycles. The maximum absolute atomic E-state index is 4.05. The summed E-state index contributed by atoms with van der Waals surface area (Å²) in [7, 11) is 5.37. The van der Waals surface area contributed by atoms with E-state index >= 15 is 0 Å². The van der Waals surface area contributed by atoms with E-state index in [2.05, 4.69) is 66.8 Å². The third-order valence-corrected chi connectivity index (χ3v) is 6.91. The van der Waals surface area contributed by atoms with E-state index in [9.17, 15) is 0 Å². The summed E-state index contributed by atoms with van der Waals surface area (Å²) in [5.74, 6) is 0. The lowest BCUT2D eigenvalue weighted by molar-refractivity contribution is 0.428. The molecule has 0 unspecified atom stereocenters. The van der Waals surface area contributed by atoms with Gasteiger partial charge in [-0.1, -0.05) is 27.4 Å². The van der Waals surface area contributed by atoms with Crippen LogP contribution in [0.1, 0.15) is 20.8 Å². The van der Waals surface area contributed by atoms with Crippen LogP contribution in [0.4, 0.5) is 0 Å². The van der Waals surface area contributed by atoms with E-state index in [1.807, 2.05) is 0 Å². The summed E-state index contributed by atoms with van der Waals surface area (Å²) in [5.41, 5.74) is 0. The molecule has 0 saturated carbocycles. The van der Waals surface area contributed by atoms with E-state index in [4.69, 9.17) is 0 Å². The zero-order valence-corrected chi connectivity index (χ0v) is 12.0. The Morgan fingerprint density at radius 2 is 1.13 bits per heavy atom. The molecule has 0 bridgehead atoms. The fourth-order valence-electron chi connectivity index (χ4n) is 1.67. The van der Waals surface area contributed by atoms with Crippen LogP contribution in [0.2, 0.25) is 0 Å². The molecule has 0 heterocycles. The quantitative estimate of drug-likeness (QED) is 0.669. The minimum absolute atomic E-state index is 1.04. The molecule has 0 aromatic carbocycles. The van der Waals surface area contributed by atoms with Crippen molar-refractivity contribution in [1.82, 2.24) is 12.9 Å². The lowest BCUT2D eigenvalue weighted by atomic mass is 10.8. The van der Waals surface area contributed by atoms with Gasteiger partial charge in [-0.2, -0.15) is 0 Å². The monoisotopic (exact) mass is 233 g/mol. The van der Waals surface area contributed by atoms with Gasteiger partial charge in [-0.3, -0.25) is 0 Å². The summed E-state index contributed by atoms with van der Waals surface area (Å²) >= 11 is 0. The van der Waals surface area contributed by atoms with Gasteiger partial charge in [-0.25, -0.2) is 12.9 Å². The van der Waals surface area contributed by atoms with Gasteiger partial charge in [0.05, 0.1) is 0 Å². The van der Waals surface area contributed by atoms with Crippen LogP contribution < -0.4 is 0 Å². The molecule has 0 fully saturated rings. The van der Waals surface area contributed by atoms with Gasteiger partial charge in [0.15, 0.2) is 0 Å². The second kappa shape index (κ2) is 6.53. The van der Waals surface area contributed by atoms with E-state index in [1.54, 1.807) is 0 Å². The summed E-state index contributed by atoms with van der Waals surface area (Å²) in [6, 6.07) is 0. The first-order chi connectivity index (χ1) is 7.00. The summed E-state index contributed by atoms with van der Waals surface area (Å²) < 4.78 is 7.19. The molecule has 3 nitrogen and oxygen atoms in total. The van der Waals surface area contributed by atoms with Crippen LogP contribution in [0.15, 0.2) is 12.0 Å². The minimum atomic E-state index is -1.16. The van der Waals surface area contributed by atoms with Gasteiger partial charge < -0.3 is 0 Å². The molecule has 0 N–H and O–H groups in total. The zero-order valence-electron chi connectivity index (χ0n) is 11.2. The van der Waals surface area contributed by atoms with Gasteiger partial charge in [-0.05, 0) is 37.1 Å². The number of rotatable bonds is 7. The first-order valence-electron chi connectivity index (χ1n) is 5.60. The van der Waals surface area contributed by atoms with E-state index in [0.29, 0.717) is 0 Å². The molecule has 15 heavy (non-hydrogen) atoms. The molecule has 4 heteroatoms. The van der Waals surface area contributed by atoms with Crippen molar-refractivity contribution in [1.29, 1.82) is 0 Å². The van der Waals surface area contributed by atoms with E-state index < -0.39 is 10.6 Å². The molecule has 0 radical (unpaired) electrons. The third-order valence-electron chi connectivity index (χ3n) is 2.94. The molecule has 0 aromatic rings. The maximum atomic E-state index is 4.05. The Kier molecular flexibility index (Phi) is 6.52. The Morgan fingerprint density at radius 3 is 1.27 bits per heavy atom. The fraction of sp³-hybridized carbons (Fsp3) is 0.818. The van der Waals surface area contributed by atoms with Crippen LogP contribution in [-0.4, -0.2) is 53.7 Å². The highest BCUT2D eigenvalue weighted by Crippen LogP contribution is 2.56. The van der Waals surface area contributed by atoms with Gasteiger partial charge in [0.2, 0.25) is 0 Å². The van der Waals surface area contributed by atoms with Gasteiger partial charge in [0.25, 0.3) is 0 Å². The van der Waals surface area contributed by atoms with Crippen LogP contribution >= 0.6 is 10.6 Å². The second-order valence-corrected chi connectivity index (χ2v) is 6.89. The minimum Gasteiger partial charge on any atom is -0.245 e. The van der Waals surface area contributed by atoms with Crippen molar-refractivity contribution in [3.63, 3.8) is 0 Å². The molecule has 0 amide bonds. The van der Waals surface area contributed by atoms with Crippen molar-refractivity contribution in [2.75, 3.05) is 40.8 Å². The van der Waals surface area contributed by atoms with Crippen molar-refractivity contribution < 1.29 is 0 Å². The van der Waals surface area contributed by atoms with E-state index in [-0.39, 0.29) is 0 Å². The van der Waals surface area contributed by atoms with Gasteiger partial charge in [0.1, 0.15) is 0 Å². The van der Waals surface area contributed by atoms with E-state index in [0.717, 1.165) is 19.6 Å². The van der Waals surface area contributed by atoms with Crippen molar-refractivity contribution >= 4 is 10.6 Å². The number of hydrogen-bond acceptors (Lipinski definition) is 3. The van der Waals surface area contributed by atoms with Gasteiger partial charge in [0, 0.05) is 19.6 Å². The average molecular weight is 233 g/mol. The second-order valence-electron chi connectivity index (χ2n) is 3.56. The van der Waals surface area contributed by atoms with Crippen molar-refractivity contribution in [3.05, 3.63) is 12.0 Å². The van der Waals surface area contributed by atoms with Crippen LogP contribution in [0.3, 0.4) is 0 Å². The Morgan fingerprint density at radius 1 is 0.867 bits per heavy atom. The van der Waals surface area contributed by atoms with Crippen LogP contribution in [-0.2, 0) is 0 Å². The maximum Gasteiger partial charge on any atom is 0.00681 e. The molecule has 0 aliphatic rings. The lowest BCUT2D eigenvalue weighted by Gasteiger charge is -2.55. The Labute approximate surface area is 97.4 Å². The summed E-state index contributed by atoms with van der Waals surface area (Å²) in [4.78, 5) is 0. The average Bonchev–Trinajstić information content (AvgIpc) is 2.29. The highest BCUT2D eigenvalue weighted by atomic mass is 32.3. The first kappa shape index (κ1) is 15.0. The Hall–Kier alpha value is -0.0300. The molecule has 0 aliphatic carbocycles. The van der Waals surface area contributed by atoms with Crippen LogP contribution in [0.25, 0.3) is 0 Å². The molecule has 92 valence electrons. The summed E-state index contributed by atoms with van der Waals surface area (Å²) in [5, 5.41) is 2.11. The Bertz CT molecular complexity index is 170. The molecule has 0 aliphatic heterocycles.